The Balaban J connectivity index is 1.35. The predicted octanol–water partition coefficient (Wildman–Crippen LogP) is 3.10. The molecule has 1 aliphatic heterocycles. The Kier molecular flexibility index (Phi) is 5.56. The highest BCUT2D eigenvalue weighted by atomic mass is 16.7. The van der Waals surface area contributed by atoms with E-state index in [1.807, 2.05) is 36.4 Å². The van der Waals surface area contributed by atoms with E-state index in [0.717, 1.165) is 24.3 Å². The third-order valence-corrected chi connectivity index (χ3v) is 4.52. The van der Waals surface area contributed by atoms with Gasteiger partial charge in [0, 0.05) is 19.2 Å². The van der Waals surface area contributed by atoms with Crippen molar-refractivity contribution in [3.8, 4) is 11.5 Å². The zero-order valence-electron chi connectivity index (χ0n) is 16.1. The summed E-state index contributed by atoms with van der Waals surface area (Å²) in [6, 6.07) is 17.5. The Bertz CT molecular complexity index is 1010. The van der Waals surface area contributed by atoms with Crippen LogP contribution >= 0.6 is 0 Å². The van der Waals surface area contributed by atoms with Gasteiger partial charge in [-0.1, -0.05) is 36.4 Å². The number of anilines is 1. The van der Waals surface area contributed by atoms with Crippen LogP contribution in [-0.2, 0) is 13.0 Å². The summed E-state index contributed by atoms with van der Waals surface area (Å²) in [6.45, 7) is 3.09. The molecule has 0 saturated heterocycles. The van der Waals surface area contributed by atoms with Crippen molar-refractivity contribution < 1.29 is 14.3 Å². The highest BCUT2D eigenvalue weighted by Gasteiger charge is 2.14. The summed E-state index contributed by atoms with van der Waals surface area (Å²) in [4.78, 5) is 21.2. The third kappa shape index (κ3) is 4.82. The number of carbonyl (C=O) groups is 1. The molecular weight excluding hydrogens is 368 g/mol. The molecule has 0 aliphatic carbocycles. The van der Waals surface area contributed by atoms with Gasteiger partial charge in [-0.2, -0.15) is 0 Å². The molecule has 29 heavy (non-hydrogen) atoms. The number of aromatic nitrogens is 2. The third-order valence-electron chi connectivity index (χ3n) is 4.52. The quantitative estimate of drug-likeness (QED) is 0.645. The molecule has 0 radical (unpaired) electrons. The number of fused-ring (bicyclic) bond motifs is 1. The smallest absolute Gasteiger partial charge is 0.270 e. The van der Waals surface area contributed by atoms with Gasteiger partial charge in [-0.25, -0.2) is 9.97 Å². The molecule has 0 atom stereocenters. The molecule has 0 bridgehead atoms. The van der Waals surface area contributed by atoms with Crippen LogP contribution in [0.1, 0.15) is 27.4 Å². The van der Waals surface area contributed by atoms with Crippen molar-refractivity contribution in [1.29, 1.82) is 0 Å². The fourth-order valence-electron chi connectivity index (χ4n) is 3.08. The molecule has 1 aliphatic rings. The normalized spacial score (nSPS) is 11.9. The maximum Gasteiger partial charge on any atom is 0.270 e. The van der Waals surface area contributed by atoms with Gasteiger partial charge < -0.3 is 20.1 Å². The molecule has 1 aromatic heterocycles. The molecule has 0 unspecified atom stereocenters. The molecule has 0 fully saturated rings. The summed E-state index contributed by atoms with van der Waals surface area (Å²) in [5.74, 6) is 2.35. The topological polar surface area (TPSA) is 85.4 Å². The lowest BCUT2D eigenvalue weighted by atomic mass is 10.1. The number of hydrogen-bond acceptors (Lipinski definition) is 6. The zero-order valence-corrected chi connectivity index (χ0v) is 16.1. The first-order valence-corrected chi connectivity index (χ1v) is 9.47. The Morgan fingerprint density at radius 2 is 1.83 bits per heavy atom. The second-order valence-electron chi connectivity index (χ2n) is 6.72. The lowest BCUT2D eigenvalue weighted by Crippen LogP contribution is -2.24. The summed E-state index contributed by atoms with van der Waals surface area (Å²) < 4.78 is 10.7. The van der Waals surface area contributed by atoms with Crippen LogP contribution in [0.2, 0.25) is 0 Å². The van der Waals surface area contributed by atoms with Gasteiger partial charge in [-0.05, 0) is 36.6 Å². The van der Waals surface area contributed by atoms with Crippen LogP contribution < -0.4 is 20.1 Å². The molecule has 0 saturated carbocycles. The maximum absolute atomic E-state index is 12.6. The average Bonchev–Trinajstić information content (AvgIpc) is 3.20. The van der Waals surface area contributed by atoms with E-state index in [0.29, 0.717) is 29.6 Å². The number of amides is 1. The summed E-state index contributed by atoms with van der Waals surface area (Å²) in [7, 11) is 0. The van der Waals surface area contributed by atoms with Crippen LogP contribution in [0.25, 0.3) is 0 Å². The van der Waals surface area contributed by atoms with Crippen LogP contribution in [0.4, 0.5) is 5.82 Å². The number of rotatable bonds is 7. The number of aryl methyl sites for hydroxylation is 1. The predicted molar refractivity (Wildman–Crippen MR) is 109 cm³/mol. The molecule has 1 amide bonds. The fourth-order valence-corrected chi connectivity index (χ4v) is 3.08. The number of carbonyl (C=O) groups excluding carboxylic acids is 1. The monoisotopic (exact) mass is 390 g/mol. The average molecular weight is 390 g/mol. The van der Waals surface area contributed by atoms with E-state index in [9.17, 15) is 4.79 Å². The van der Waals surface area contributed by atoms with Crippen molar-refractivity contribution in [3.05, 3.63) is 77.2 Å². The molecule has 4 rings (SSSR count). The largest absolute Gasteiger partial charge is 0.454 e. The van der Waals surface area contributed by atoms with Crippen LogP contribution in [0.5, 0.6) is 11.5 Å². The van der Waals surface area contributed by atoms with Gasteiger partial charge >= 0.3 is 0 Å². The minimum absolute atomic E-state index is 0.228. The van der Waals surface area contributed by atoms with Gasteiger partial charge in [0.2, 0.25) is 6.79 Å². The first kappa shape index (κ1) is 18.7. The number of ether oxygens (including phenoxy) is 2. The molecule has 7 nitrogen and oxygen atoms in total. The molecule has 148 valence electrons. The highest BCUT2D eigenvalue weighted by molar-refractivity contribution is 5.92. The fraction of sp³-hybridized carbons (Fsp3) is 0.227. The van der Waals surface area contributed by atoms with E-state index >= 15 is 0 Å². The lowest BCUT2D eigenvalue weighted by molar-refractivity contribution is 0.0945. The van der Waals surface area contributed by atoms with E-state index in [1.165, 1.54) is 5.56 Å². The zero-order chi connectivity index (χ0) is 20.1. The van der Waals surface area contributed by atoms with Gasteiger partial charge in [0.1, 0.15) is 17.3 Å². The van der Waals surface area contributed by atoms with E-state index in [1.54, 1.807) is 13.0 Å². The second-order valence-corrected chi connectivity index (χ2v) is 6.72. The summed E-state index contributed by atoms with van der Waals surface area (Å²) in [5, 5.41) is 6.16. The van der Waals surface area contributed by atoms with Gasteiger partial charge in [0.15, 0.2) is 11.5 Å². The molecule has 2 aromatic carbocycles. The maximum atomic E-state index is 12.6. The molecule has 7 heteroatoms. The van der Waals surface area contributed by atoms with Crippen LogP contribution in [0, 0.1) is 6.92 Å². The van der Waals surface area contributed by atoms with Crippen molar-refractivity contribution in [2.75, 3.05) is 18.7 Å². The first-order valence-electron chi connectivity index (χ1n) is 9.47. The Labute approximate surface area is 169 Å². The Morgan fingerprint density at radius 1 is 1.00 bits per heavy atom. The lowest BCUT2D eigenvalue weighted by Gasteiger charge is -2.10. The van der Waals surface area contributed by atoms with Crippen LogP contribution in [-0.4, -0.2) is 29.2 Å². The van der Waals surface area contributed by atoms with E-state index in [-0.39, 0.29) is 12.7 Å². The van der Waals surface area contributed by atoms with Crippen molar-refractivity contribution in [1.82, 2.24) is 15.3 Å². The summed E-state index contributed by atoms with van der Waals surface area (Å²) in [5.41, 5.74) is 2.50. The number of nitrogens with one attached hydrogen (secondary N) is 2. The highest BCUT2D eigenvalue weighted by Crippen LogP contribution is 2.32. The van der Waals surface area contributed by atoms with Gasteiger partial charge in [0.05, 0.1) is 0 Å². The minimum atomic E-state index is -0.251. The summed E-state index contributed by atoms with van der Waals surface area (Å²) in [6.07, 6.45) is 0.871. The van der Waals surface area contributed by atoms with Gasteiger partial charge in [-0.15, -0.1) is 0 Å². The molecule has 0 spiro atoms. The van der Waals surface area contributed by atoms with Crippen molar-refractivity contribution in [3.63, 3.8) is 0 Å². The SMILES string of the molecule is Cc1nc(NCCc2ccccc2)cc(C(=O)NCc2ccc3c(c2)OCO3)n1. The number of nitrogens with zero attached hydrogens (tertiary/aromatic N) is 2. The Morgan fingerprint density at radius 3 is 2.69 bits per heavy atom. The van der Waals surface area contributed by atoms with E-state index in [4.69, 9.17) is 9.47 Å². The van der Waals surface area contributed by atoms with Crippen LogP contribution in [0.15, 0.2) is 54.6 Å². The number of hydrogen-bond donors (Lipinski definition) is 2. The standard InChI is InChI=1S/C22H22N4O3/c1-15-25-18(12-21(26-15)23-10-9-16-5-3-2-4-6-16)22(27)24-13-17-7-8-19-20(11-17)29-14-28-19/h2-8,11-12H,9-10,13-14H2,1H3,(H,24,27)(H,23,25,26). The van der Waals surface area contributed by atoms with E-state index < -0.39 is 0 Å². The first-order chi connectivity index (χ1) is 14.2. The van der Waals surface area contributed by atoms with Crippen LogP contribution in [0.3, 0.4) is 0 Å². The van der Waals surface area contributed by atoms with Gasteiger partial charge in [0.25, 0.3) is 5.91 Å². The van der Waals surface area contributed by atoms with Crippen molar-refractivity contribution in [2.45, 2.75) is 19.9 Å². The molecule has 2 heterocycles. The minimum Gasteiger partial charge on any atom is -0.454 e. The van der Waals surface area contributed by atoms with E-state index in [2.05, 4.69) is 32.7 Å². The molecular formula is C22H22N4O3. The Hall–Kier alpha value is -3.61. The number of benzene rings is 2. The molecule has 3 aromatic rings. The van der Waals surface area contributed by atoms with Crippen molar-refractivity contribution >= 4 is 11.7 Å². The second kappa shape index (κ2) is 8.60. The van der Waals surface area contributed by atoms with Gasteiger partial charge in [-0.3, -0.25) is 4.79 Å². The molecule has 2 N–H and O–H groups in total. The summed E-state index contributed by atoms with van der Waals surface area (Å²) >= 11 is 0. The van der Waals surface area contributed by atoms with Crippen molar-refractivity contribution in [2.24, 2.45) is 0 Å².